The number of hydrazine groups is 1. The second kappa shape index (κ2) is 5.51. The molecule has 2 heterocycles. The number of thioether (sulfide) groups is 1. The number of sulfone groups is 1. The molecule has 9 heteroatoms. The predicted molar refractivity (Wildman–Crippen MR) is 77.1 cm³/mol. The second-order valence-electron chi connectivity index (χ2n) is 4.40. The van der Waals surface area contributed by atoms with Crippen LogP contribution in [0.1, 0.15) is 6.92 Å². The van der Waals surface area contributed by atoms with Crippen LogP contribution in [0.5, 0.6) is 0 Å². The van der Waals surface area contributed by atoms with Crippen LogP contribution in [0.15, 0.2) is 11.2 Å². The van der Waals surface area contributed by atoms with Crippen molar-refractivity contribution in [2.24, 2.45) is 5.84 Å². The topological polar surface area (TPSA) is 101 Å². The Bertz CT molecular complexity index is 541. The molecule has 0 amide bonds. The van der Waals surface area contributed by atoms with Crippen LogP contribution in [0.25, 0.3) is 0 Å². The maximum Gasteiger partial charge on any atom is 0.191 e. The van der Waals surface area contributed by atoms with Crippen molar-refractivity contribution in [1.82, 2.24) is 9.97 Å². The molecule has 0 radical (unpaired) electrons. The second-order valence-corrected chi connectivity index (χ2v) is 7.40. The summed E-state index contributed by atoms with van der Waals surface area (Å²) in [5, 5.41) is 0.603. The summed E-state index contributed by atoms with van der Waals surface area (Å²) in [6.07, 6.45) is 1.88. The highest BCUT2D eigenvalue weighted by molar-refractivity contribution is 7.98. The minimum Gasteiger partial charge on any atom is -0.352 e. The Hall–Kier alpha value is -1.06. The Labute approximate surface area is 116 Å². The first-order valence-electron chi connectivity index (χ1n) is 5.82. The summed E-state index contributed by atoms with van der Waals surface area (Å²) in [5.41, 5.74) is 2.50. The molecule has 1 fully saturated rings. The van der Waals surface area contributed by atoms with Crippen molar-refractivity contribution >= 4 is 33.2 Å². The minimum absolute atomic E-state index is 0.103. The normalized spacial score (nSPS) is 22.3. The maximum absolute atomic E-state index is 11.6. The summed E-state index contributed by atoms with van der Waals surface area (Å²) >= 11 is 1.41. The van der Waals surface area contributed by atoms with Crippen molar-refractivity contribution in [3.63, 3.8) is 0 Å². The standard InChI is InChI=1S/C10H17N5O2S2/c1-7-6-19(16,17)4-3-15(7)9-5-8(14-11)12-10(13-9)18-2/h5,7H,3-4,6,11H2,1-2H3,(H,12,13,14). The van der Waals surface area contributed by atoms with Crippen LogP contribution in [-0.4, -0.2) is 48.7 Å². The van der Waals surface area contributed by atoms with Gasteiger partial charge >= 0.3 is 0 Å². The lowest BCUT2D eigenvalue weighted by Crippen LogP contribution is -2.47. The van der Waals surface area contributed by atoms with E-state index in [1.807, 2.05) is 18.1 Å². The first-order valence-corrected chi connectivity index (χ1v) is 8.86. The molecular weight excluding hydrogens is 286 g/mol. The van der Waals surface area contributed by atoms with Gasteiger partial charge in [0.1, 0.15) is 11.6 Å². The van der Waals surface area contributed by atoms with E-state index in [1.165, 1.54) is 11.8 Å². The number of nitrogen functional groups attached to an aromatic ring is 1. The van der Waals surface area contributed by atoms with Gasteiger partial charge in [-0.25, -0.2) is 24.2 Å². The third kappa shape index (κ3) is 3.28. The maximum atomic E-state index is 11.6. The largest absolute Gasteiger partial charge is 0.352 e. The third-order valence-electron chi connectivity index (χ3n) is 2.99. The molecule has 2 rings (SSSR count). The Morgan fingerprint density at radius 2 is 2.26 bits per heavy atom. The third-order valence-corrected chi connectivity index (χ3v) is 5.33. The number of aromatic nitrogens is 2. The molecule has 0 aliphatic carbocycles. The lowest BCUT2D eigenvalue weighted by atomic mass is 10.3. The van der Waals surface area contributed by atoms with E-state index < -0.39 is 9.84 Å². The minimum atomic E-state index is -2.93. The van der Waals surface area contributed by atoms with E-state index in [1.54, 1.807) is 6.07 Å². The Morgan fingerprint density at radius 1 is 1.53 bits per heavy atom. The van der Waals surface area contributed by atoms with Gasteiger partial charge in [0.15, 0.2) is 15.0 Å². The number of hydrogen-bond donors (Lipinski definition) is 2. The van der Waals surface area contributed by atoms with Crippen molar-refractivity contribution < 1.29 is 8.42 Å². The lowest BCUT2D eigenvalue weighted by molar-refractivity contribution is 0.566. The van der Waals surface area contributed by atoms with E-state index in [0.29, 0.717) is 23.3 Å². The molecular formula is C10H17N5O2S2. The highest BCUT2D eigenvalue weighted by atomic mass is 32.2. The summed E-state index contributed by atoms with van der Waals surface area (Å²) in [5.74, 6) is 6.92. The number of nitrogens with one attached hydrogen (secondary N) is 1. The zero-order valence-corrected chi connectivity index (χ0v) is 12.5. The first-order chi connectivity index (χ1) is 8.95. The summed E-state index contributed by atoms with van der Waals surface area (Å²) < 4.78 is 23.2. The van der Waals surface area contributed by atoms with Crippen molar-refractivity contribution in [3.05, 3.63) is 6.07 Å². The molecule has 1 saturated heterocycles. The highest BCUT2D eigenvalue weighted by Gasteiger charge is 2.29. The van der Waals surface area contributed by atoms with E-state index >= 15 is 0 Å². The number of anilines is 2. The SMILES string of the molecule is CSc1nc(NN)cc(N2CCS(=O)(=O)CC2C)n1. The number of hydrogen-bond acceptors (Lipinski definition) is 8. The first kappa shape index (κ1) is 14.4. The molecule has 106 valence electrons. The van der Waals surface area contributed by atoms with Gasteiger partial charge in [-0.3, -0.25) is 0 Å². The van der Waals surface area contributed by atoms with Crippen molar-refractivity contribution in [2.45, 2.75) is 18.1 Å². The quantitative estimate of drug-likeness (QED) is 0.351. The van der Waals surface area contributed by atoms with Crippen LogP contribution in [0.2, 0.25) is 0 Å². The fraction of sp³-hybridized carbons (Fsp3) is 0.600. The molecule has 0 bridgehead atoms. The van der Waals surface area contributed by atoms with Crippen LogP contribution in [-0.2, 0) is 9.84 Å². The van der Waals surface area contributed by atoms with Gasteiger partial charge in [-0.05, 0) is 13.2 Å². The lowest BCUT2D eigenvalue weighted by Gasteiger charge is -2.34. The van der Waals surface area contributed by atoms with Gasteiger partial charge in [0.05, 0.1) is 11.5 Å². The molecule has 1 aromatic heterocycles. The van der Waals surface area contributed by atoms with Gasteiger partial charge < -0.3 is 10.3 Å². The molecule has 1 atom stereocenters. The molecule has 1 unspecified atom stereocenters. The fourth-order valence-corrected chi connectivity index (χ4v) is 4.00. The summed E-state index contributed by atoms with van der Waals surface area (Å²) in [4.78, 5) is 10.6. The van der Waals surface area contributed by atoms with Crippen molar-refractivity contribution in [2.75, 3.05) is 34.6 Å². The van der Waals surface area contributed by atoms with E-state index in [-0.39, 0.29) is 17.5 Å². The van der Waals surface area contributed by atoms with Crippen LogP contribution in [0.3, 0.4) is 0 Å². The molecule has 0 spiro atoms. The Morgan fingerprint density at radius 3 is 2.84 bits per heavy atom. The highest BCUT2D eigenvalue weighted by Crippen LogP contribution is 2.24. The fourth-order valence-electron chi connectivity index (χ4n) is 2.06. The van der Waals surface area contributed by atoms with Crippen LogP contribution < -0.4 is 16.2 Å². The number of rotatable bonds is 3. The van der Waals surface area contributed by atoms with Gasteiger partial charge in [-0.2, -0.15) is 0 Å². The monoisotopic (exact) mass is 303 g/mol. The van der Waals surface area contributed by atoms with E-state index in [4.69, 9.17) is 5.84 Å². The van der Waals surface area contributed by atoms with Crippen molar-refractivity contribution in [1.29, 1.82) is 0 Å². The zero-order chi connectivity index (χ0) is 14.0. The summed E-state index contributed by atoms with van der Waals surface area (Å²) in [6, 6.07) is 1.63. The molecule has 1 aliphatic rings. The molecule has 0 aromatic carbocycles. The molecule has 0 saturated carbocycles. The summed E-state index contributed by atoms with van der Waals surface area (Å²) in [7, 11) is -2.93. The van der Waals surface area contributed by atoms with Crippen LogP contribution in [0.4, 0.5) is 11.6 Å². The smallest absolute Gasteiger partial charge is 0.191 e. The average Bonchev–Trinajstić information content (AvgIpc) is 2.37. The molecule has 7 nitrogen and oxygen atoms in total. The molecule has 3 N–H and O–H groups in total. The number of nitrogens with zero attached hydrogens (tertiary/aromatic N) is 3. The van der Waals surface area contributed by atoms with E-state index in [2.05, 4.69) is 15.4 Å². The van der Waals surface area contributed by atoms with Gasteiger partial charge in [0.25, 0.3) is 0 Å². The van der Waals surface area contributed by atoms with Gasteiger partial charge in [-0.15, -0.1) is 0 Å². The Kier molecular flexibility index (Phi) is 4.16. The van der Waals surface area contributed by atoms with E-state index in [0.717, 1.165) is 0 Å². The van der Waals surface area contributed by atoms with Gasteiger partial charge in [-0.1, -0.05) is 11.8 Å². The van der Waals surface area contributed by atoms with Crippen LogP contribution in [0, 0.1) is 0 Å². The van der Waals surface area contributed by atoms with E-state index in [9.17, 15) is 8.42 Å². The summed E-state index contributed by atoms with van der Waals surface area (Å²) in [6.45, 7) is 2.32. The molecule has 1 aliphatic heterocycles. The zero-order valence-electron chi connectivity index (χ0n) is 10.8. The molecule has 1 aromatic rings. The Balaban J connectivity index is 2.31. The number of nitrogens with two attached hydrogens (primary N) is 1. The molecule has 19 heavy (non-hydrogen) atoms. The average molecular weight is 303 g/mol. The van der Waals surface area contributed by atoms with Gasteiger partial charge in [0, 0.05) is 18.7 Å². The van der Waals surface area contributed by atoms with Crippen LogP contribution >= 0.6 is 11.8 Å². The van der Waals surface area contributed by atoms with Crippen molar-refractivity contribution in [3.8, 4) is 0 Å². The predicted octanol–water partition coefficient (Wildman–Crippen LogP) is 0.107. The van der Waals surface area contributed by atoms with Gasteiger partial charge in [0.2, 0.25) is 0 Å².